The predicted octanol–water partition coefficient (Wildman–Crippen LogP) is 6.38. The van der Waals surface area contributed by atoms with Crippen LogP contribution in [0.1, 0.15) is 16.1 Å². The summed E-state index contributed by atoms with van der Waals surface area (Å²) in [5, 5.41) is 5.18. The maximum Gasteiger partial charge on any atom is 0.255 e. The third kappa shape index (κ3) is 5.26. The average Bonchev–Trinajstić information content (AvgIpc) is 3.34. The van der Waals surface area contributed by atoms with Crippen LogP contribution in [0.15, 0.2) is 95.5 Å². The third-order valence-corrected chi connectivity index (χ3v) is 6.26. The van der Waals surface area contributed by atoms with Crippen molar-refractivity contribution in [1.82, 2.24) is 15.9 Å². The lowest BCUT2D eigenvalue weighted by molar-refractivity contribution is 0.0964. The number of hydrogen-bond donors (Lipinski definition) is 2. The summed E-state index contributed by atoms with van der Waals surface area (Å²) in [4.78, 5) is 17.6. The Morgan fingerprint density at radius 2 is 1.79 bits per heavy atom. The Labute approximate surface area is 223 Å². The molecule has 0 saturated heterocycles. The van der Waals surface area contributed by atoms with Gasteiger partial charge in [0.1, 0.15) is 17.2 Å². The summed E-state index contributed by atoms with van der Waals surface area (Å²) in [6.07, 6.45) is 3.55. The van der Waals surface area contributed by atoms with E-state index in [1.54, 1.807) is 25.4 Å². The summed E-state index contributed by atoms with van der Waals surface area (Å²) < 4.78 is 25.5. The number of carbonyl (C=O) groups excluding carboxylic acids is 1. The maximum atomic E-state index is 13.7. The van der Waals surface area contributed by atoms with Gasteiger partial charge in [-0.25, -0.2) is 8.67 Å². The van der Waals surface area contributed by atoms with E-state index in [9.17, 15) is 9.18 Å². The SMILES string of the molecule is CNC(=O)c1c(-c2ccc(F)cc2)oc2cc(N(Cc3ccccn3)NOSC)c(-c3ccccc3)cc12. The number of furan rings is 1. The number of hydrogen-bond acceptors (Lipinski definition) is 7. The Hall–Kier alpha value is -4.18. The van der Waals surface area contributed by atoms with Gasteiger partial charge in [0.2, 0.25) is 0 Å². The fourth-order valence-corrected chi connectivity index (χ4v) is 4.43. The van der Waals surface area contributed by atoms with E-state index in [1.807, 2.05) is 71.9 Å². The van der Waals surface area contributed by atoms with Crippen molar-refractivity contribution in [3.8, 4) is 22.5 Å². The van der Waals surface area contributed by atoms with Crippen LogP contribution in [0.25, 0.3) is 33.4 Å². The molecule has 192 valence electrons. The van der Waals surface area contributed by atoms with Crippen LogP contribution in [-0.2, 0) is 10.8 Å². The number of amides is 1. The quantitative estimate of drug-likeness (QED) is 0.170. The van der Waals surface area contributed by atoms with E-state index < -0.39 is 0 Å². The molecule has 38 heavy (non-hydrogen) atoms. The molecule has 0 saturated carbocycles. The molecule has 0 atom stereocenters. The lowest BCUT2D eigenvalue weighted by atomic mass is 9.98. The topological polar surface area (TPSA) is 79.6 Å². The van der Waals surface area contributed by atoms with Gasteiger partial charge >= 0.3 is 0 Å². The molecule has 0 fully saturated rings. The van der Waals surface area contributed by atoms with Gasteiger partial charge in [-0.15, -0.1) is 0 Å². The zero-order chi connectivity index (χ0) is 26.5. The van der Waals surface area contributed by atoms with E-state index in [0.29, 0.717) is 34.4 Å². The molecule has 3 aromatic carbocycles. The van der Waals surface area contributed by atoms with Gasteiger partial charge in [-0.3, -0.25) is 14.8 Å². The number of anilines is 1. The van der Waals surface area contributed by atoms with Gasteiger partial charge in [-0.1, -0.05) is 42.0 Å². The normalized spacial score (nSPS) is 11.0. The lowest BCUT2D eigenvalue weighted by Gasteiger charge is -2.26. The summed E-state index contributed by atoms with van der Waals surface area (Å²) in [6.45, 7) is 0.389. The first-order chi connectivity index (χ1) is 18.6. The molecule has 5 aromatic rings. The molecule has 2 N–H and O–H groups in total. The highest BCUT2D eigenvalue weighted by Gasteiger charge is 2.25. The summed E-state index contributed by atoms with van der Waals surface area (Å²) in [5.41, 5.74) is 7.83. The second-order valence-corrected chi connectivity index (χ2v) is 8.87. The van der Waals surface area contributed by atoms with Crippen molar-refractivity contribution in [3.63, 3.8) is 0 Å². The number of carbonyl (C=O) groups is 1. The zero-order valence-corrected chi connectivity index (χ0v) is 21.6. The molecule has 0 aliphatic rings. The van der Waals surface area contributed by atoms with E-state index >= 15 is 0 Å². The fraction of sp³-hybridized carbons (Fsp3) is 0.103. The highest BCUT2D eigenvalue weighted by molar-refractivity contribution is 7.93. The van der Waals surface area contributed by atoms with Crippen LogP contribution in [0.3, 0.4) is 0 Å². The predicted molar refractivity (Wildman–Crippen MR) is 149 cm³/mol. The van der Waals surface area contributed by atoms with Crippen LogP contribution in [0.4, 0.5) is 10.1 Å². The van der Waals surface area contributed by atoms with Gasteiger partial charge in [-0.2, -0.15) is 0 Å². The molecule has 0 spiro atoms. The third-order valence-electron chi connectivity index (χ3n) is 6.02. The molecule has 0 aliphatic carbocycles. The van der Waals surface area contributed by atoms with Crippen molar-refractivity contribution < 1.29 is 17.9 Å². The van der Waals surface area contributed by atoms with Gasteiger partial charge in [0, 0.05) is 54.1 Å². The van der Waals surface area contributed by atoms with Crippen LogP contribution >= 0.6 is 12.0 Å². The van der Waals surface area contributed by atoms with Crippen molar-refractivity contribution in [2.45, 2.75) is 6.54 Å². The van der Waals surface area contributed by atoms with Gasteiger partial charge < -0.3 is 9.73 Å². The maximum absolute atomic E-state index is 13.7. The molecule has 0 radical (unpaired) electrons. The van der Waals surface area contributed by atoms with E-state index in [-0.39, 0.29) is 11.7 Å². The summed E-state index contributed by atoms with van der Waals surface area (Å²) in [7, 11) is 1.57. The van der Waals surface area contributed by atoms with Crippen molar-refractivity contribution in [3.05, 3.63) is 108 Å². The first-order valence-electron chi connectivity index (χ1n) is 11.9. The molecule has 7 nitrogen and oxygen atoms in total. The summed E-state index contributed by atoms with van der Waals surface area (Å²) in [6, 6.07) is 25.3. The molecular formula is C29H25FN4O3S. The number of hydrazine groups is 1. The molecule has 9 heteroatoms. The minimum Gasteiger partial charge on any atom is -0.455 e. The van der Waals surface area contributed by atoms with Gasteiger partial charge in [0.25, 0.3) is 5.91 Å². The fourth-order valence-electron chi connectivity index (χ4n) is 4.26. The molecule has 0 unspecified atom stereocenters. The first kappa shape index (κ1) is 25.5. The molecule has 1 amide bonds. The average molecular weight is 529 g/mol. The van der Waals surface area contributed by atoms with Crippen LogP contribution in [0, 0.1) is 5.82 Å². The number of fused-ring (bicyclic) bond motifs is 1. The van der Waals surface area contributed by atoms with E-state index in [4.69, 9.17) is 8.70 Å². The smallest absolute Gasteiger partial charge is 0.255 e. The first-order valence-corrected chi connectivity index (χ1v) is 13.0. The monoisotopic (exact) mass is 528 g/mol. The van der Waals surface area contributed by atoms with Crippen LogP contribution < -0.4 is 15.9 Å². The Morgan fingerprint density at radius 1 is 1.03 bits per heavy atom. The molecule has 5 rings (SSSR count). The Kier molecular flexibility index (Phi) is 7.69. The number of pyridine rings is 1. The lowest BCUT2D eigenvalue weighted by Crippen LogP contribution is -2.36. The molecule has 2 aromatic heterocycles. The largest absolute Gasteiger partial charge is 0.455 e. The van der Waals surface area contributed by atoms with E-state index in [2.05, 4.69) is 15.9 Å². The van der Waals surface area contributed by atoms with Crippen molar-refractivity contribution in [2.24, 2.45) is 0 Å². The van der Waals surface area contributed by atoms with E-state index in [0.717, 1.165) is 22.5 Å². The number of nitrogens with zero attached hydrogens (tertiary/aromatic N) is 2. The zero-order valence-electron chi connectivity index (χ0n) is 20.8. The van der Waals surface area contributed by atoms with Crippen molar-refractivity contribution in [2.75, 3.05) is 18.3 Å². The summed E-state index contributed by atoms with van der Waals surface area (Å²) >= 11 is 1.17. The molecule has 2 heterocycles. The van der Waals surface area contributed by atoms with Crippen LogP contribution in [0.5, 0.6) is 0 Å². The summed E-state index contributed by atoms with van der Waals surface area (Å²) in [5.74, 6) is -0.311. The molecule has 0 bridgehead atoms. The minimum absolute atomic E-state index is 0.302. The number of aromatic nitrogens is 1. The minimum atomic E-state index is -0.370. The van der Waals surface area contributed by atoms with Crippen molar-refractivity contribution in [1.29, 1.82) is 0 Å². The second-order valence-electron chi connectivity index (χ2n) is 8.37. The highest BCUT2D eigenvalue weighted by atomic mass is 32.2. The van der Waals surface area contributed by atoms with E-state index in [1.165, 1.54) is 24.2 Å². The molecular weight excluding hydrogens is 503 g/mol. The number of halogens is 1. The van der Waals surface area contributed by atoms with Crippen LogP contribution in [-0.4, -0.2) is 24.2 Å². The van der Waals surface area contributed by atoms with Crippen molar-refractivity contribution >= 4 is 34.6 Å². The van der Waals surface area contributed by atoms with Gasteiger partial charge in [0.15, 0.2) is 0 Å². The highest BCUT2D eigenvalue weighted by Crippen LogP contribution is 2.41. The number of rotatable bonds is 9. The molecule has 0 aliphatic heterocycles. The van der Waals surface area contributed by atoms with Crippen LogP contribution in [0.2, 0.25) is 0 Å². The van der Waals surface area contributed by atoms with Gasteiger partial charge in [0.05, 0.1) is 23.5 Å². The Bertz CT molecular complexity index is 1540. The van der Waals surface area contributed by atoms with Gasteiger partial charge in [-0.05, 0) is 48.0 Å². The number of nitrogens with one attached hydrogen (secondary N) is 2. The Morgan fingerprint density at radius 3 is 2.47 bits per heavy atom. The standard InChI is InChI=1S/C29H25FN4O3S/c1-31-29(35)27-24-16-23(19-8-4-3-5-9-19)25(34(33-37-38-2)18-22-10-6-7-15-32-22)17-26(24)36-28(27)20-11-13-21(30)14-12-20/h3-17,33H,18H2,1-2H3,(H,31,35). The number of benzene rings is 3. The Balaban J connectivity index is 1.75. The second kappa shape index (κ2) is 11.5.